The van der Waals surface area contributed by atoms with Gasteiger partial charge in [-0.15, -0.1) is 5.10 Å². The van der Waals surface area contributed by atoms with Crippen molar-refractivity contribution < 1.29 is 9.90 Å². The second-order valence-corrected chi connectivity index (χ2v) is 5.93. The molecule has 0 radical (unpaired) electrons. The second-order valence-electron chi connectivity index (χ2n) is 5.93. The minimum absolute atomic E-state index is 0.262. The van der Waals surface area contributed by atoms with Gasteiger partial charge < -0.3 is 5.11 Å². The van der Waals surface area contributed by atoms with E-state index in [0.717, 1.165) is 24.1 Å². The monoisotopic (exact) mass is 310 g/mol. The van der Waals surface area contributed by atoms with Gasteiger partial charge in [-0.05, 0) is 30.5 Å². The molecule has 6 heteroatoms. The van der Waals surface area contributed by atoms with Crippen LogP contribution in [0.1, 0.15) is 65.3 Å². The van der Waals surface area contributed by atoms with Gasteiger partial charge in [-0.1, -0.05) is 36.6 Å². The first-order valence-corrected chi connectivity index (χ1v) is 7.84. The average Bonchev–Trinajstić information content (AvgIpc) is 2.99. The number of nitrogens with zero attached hydrogens (tertiary/aromatic N) is 4. The summed E-state index contributed by atoms with van der Waals surface area (Å²) in [6.07, 6.45) is 5.73. The van der Waals surface area contributed by atoms with Crippen molar-refractivity contribution >= 4 is 5.97 Å². The zero-order chi connectivity index (χ0) is 16.2. The molecule has 1 aromatic carbocycles. The van der Waals surface area contributed by atoms with Crippen LogP contribution in [0.2, 0.25) is 0 Å². The number of carbonyl (C=O) groups is 1. The summed E-state index contributed by atoms with van der Waals surface area (Å²) in [4.78, 5) is 10.9. The third kappa shape index (κ3) is 3.24. The first-order chi connectivity index (χ1) is 11.2. The lowest BCUT2D eigenvalue weighted by Crippen LogP contribution is -2.14. The maximum absolute atomic E-state index is 10.9. The third-order valence-electron chi connectivity index (χ3n) is 4.40. The Kier molecular flexibility index (Phi) is 4.38. The SMILES string of the molecule is N#Cc1nnn(Cc2ccc(C(=O)O)cc2)c1C1CCCCC1. The molecule has 1 aliphatic carbocycles. The first-order valence-electron chi connectivity index (χ1n) is 7.84. The van der Waals surface area contributed by atoms with Gasteiger partial charge in [0, 0.05) is 5.92 Å². The highest BCUT2D eigenvalue weighted by Crippen LogP contribution is 2.33. The standard InChI is InChI=1S/C17H18N4O2/c18-10-15-16(13-4-2-1-3-5-13)21(20-19-15)11-12-6-8-14(9-7-12)17(22)23/h6-9,13H,1-5,11H2,(H,22,23). The molecule has 1 N–H and O–H groups in total. The fraction of sp³-hybridized carbons (Fsp3) is 0.412. The minimum Gasteiger partial charge on any atom is -0.478 e. The number of hydrogen-bond acceptors (Lipinski definition) is 4. The Morgan fingerprint density at radius 3 is 2.57 bits per heavy atom. The predicted molar refractivity (Wildman–Crippen MR) is 83.1 cm³/mol. The zero-order valence-electron chi connectivity index (χ0n) is 12.8. The van der Waals surface area contributed by atoms with Crippen molar-refractivity contribution in [3.05, 3.63) is 46.8 Å². The zero-order valence-corrected chi connectivity index (χ0v) is 12.8. The van der Waals surface area contributed by atoms with E-state index in [1.165, 1.54) is 19.3 Å². The Hall–Kier alpha value is -2.68. The summed E-state index contributed by atoms with van der Waals surface area (Å²) in [5, 5.41) is 26.4. The van der Waals surface area contributed by atoms with Crippen LogP contribution in [0.5, 0.6) is 0 Å². The van der Waals surface area contributed by atoms with Gasteiger partial charge in [-0.25, -0.2) is 9.48 Å². The van der Waals surface area contributed by atoms with E-state index in [0.29, 0.717) is 18.2 Å². The Balaban J connectivity index is 1.86. The normalized spacial score (nSPS) is 15.3. The number of carboxylic acid groups (broad SMARTS) is 1. The maximum Gasteiger partial charge on any atom is 0.335 e. The number of aromatic nitrogens is 3. The van der Waals surface area contributed by atoms with Crippen molar-refractivity contribution in [2.75, 3.05) is 0 Å². The molecule has 23 heavy (non-hydrogen) atoms. The summed E-state index contributed by atoms with van der Waals surface area (Å²) < 4.78 is 1.80. The third-order valence-corrected chi connectivity index (χ3v) is 4.40. The van der Waals surface area contributed by atoms with Crippen LogP contribution < -0.4 is 0 Å². The molecule has 1 heterocycles. The maximum atomic E-state index is 10.9. The van der Waals surface area contributed by atoms with Crippen molar-refractivity contribution in [1.29, 1.82) is 5.26 Å². The fourth-order valence-electron chi connectivity index (χ4n) is 3.22. The molecule has 0 saturated heterocycles. The molecule has 0 atom stereocenters. The summed E-state index contributed by atoms with van der Waals surface area (Å²) in [7, 11) is 0. The van der Waals surface area contributed by atoms with E-state index in [2.05, 4.69) is 16.4 Å². The Bertz CT molecular complexity index is 737. The molecule has 1 saturated carbocycles. The highest BCUT2D eigenvalue weighted by molar-refractivity contribution is 5.87. The van der Waals surface area contributed by atoms with E-state index in [1.807, 2.05) is 0 Å². The van der Waals surface area contributed by atoms with E-state index in [9.17, 15) is 10.1 Å². The van der Waals surface area contributed by atoms with Crippen molar-refractivity contribution in [1.82, 2.24) is 15.0 Å². The molecule has 6 nitrogen and oxygen atoms in total. The van der Waals surface area contributed by atoms with Crippen LogP contribution in [-0.4, -0.2) is 26.1 Å². The van der Waals surface area contributed by atoms with Gasteiger partial charge in [-0.2, -0.15) is 5.26 Å². The number of rotatable bonds is 4. The van der Waals surface area contributed by atoms with Crippen molar-refractivity contribution in [3.8, 4) is 6.07 Å². The smallest absolute Gasteiger partial charge is 0.335 e. The lowest BCUT2D eigenvalue weighted by atomic mass is 9.86. The van der Waals surface area contributed by atoms with E-state index >= 15 is 0 Å². The average molecular weight is 310 g/mol. The molecule has 3 rings (SSSR count). The first kappa shape index (κ1) is 15.2. The van der Waals surface area contributed by atoms with Crippen LogP contribution in [-0.2, 0) is 6.54 Å². The summed E-state index contributed by atoms with van der Waals surface area (Å²) in [5.74, 6) is -0.598. The van der Waals surface area contributed by atoms with Gasteiger partial charge in [0.15, 0.2) is 5.69 Å². The van der Waals surface area contributed by atoms with Gasteiger partial charge >= 0.3 is 5.97 Å². The second kappa shape index (κ2) is 6.61. The van der Waals surface area contributed by atoms with Crippen LogP contribution in [0.4, 0.5) is 0 Å². The minimum atomic E-state index is -0.938. The summed E-state index contributed by atoms with van der Waals surface area (Å²) in [5.41, 5.74) is 2.55. The van der Waals surface area contributed by atoms with E-state index in [4.69, 9.17) is 5.11 Å². The van der Waals surface area contributed by atoms with E-state index < -0.39 is 5.97 Å². The van der Waals surface area contributed by atoms with Gasteiger partial charge in [0.25, 0.3) is 0 Å². The van der Waals surface area contributed by atoms with Gasteiger partial charge in [0.05, 0.1) is 17.8 Å². The molecule has 0 spiro atoms. The quantitative estimate of drug-likeness (QED) is 0.937. The van der Waals surface area contributed by atoms with Crippen LogP contribution in [0.15, 0.2) is 24.3 Å². The van der Waals surface area contributed by atoms with Crippen LogP contribution >= 0.6 is 0 Å². The largest absolute Gasteiger partial charge is 0.478 e. The van der Waals surface area contributed by atoms with Gasteiger partial charge in [0.2, 0.25) is 0 Å². The molecule has 0 amide bonds. The van der Waals surface area contributed by atoms with Crippen LogP contribution in [0.25, 0.3) is 0 Å². The highest BCUT2D eigenvalue weighted by Gasteiger charge is 2.24. The van der Waals surface area contributed by atoms with E-state index in [1.54, 1.807) is 28.9 Å². The van der Waals surface area contributed by atoms with Crippen LogP contribution in [0, 0.1) is 11.3 Å². The highest BCUT2D eigenvalue weighted by atomic mass is 16.4. The number of aromatic carboxylic acids is 1. The Labute approximate surface area is 134 Å². The molecule has 0 bridgehead atoms. The fourth-order valence-corrected chi connectivity index (χ4v) is 3.22. The molecule has 2 aromatic rings. The summed E-state index contributed by atoms with van der Waals surface area (Å²) in [6.45, 7) is 0.500. The summed E-state index contributed by atoms with van der Waals surface area (Å²) >= 11 is 0. The number of benzene rings is 1. The van der Waals surface area contributed by atoms with Crippen molar-refractivity contribution in [2.24, 2.45) is 0 Å². The van der Waals surface area contributed by atoms with Crippen molar-refractivity contribution in [2.45, 2.75) is 44.6 Å². The molecule has 1 aromatic heterocycles. The predicted octanol–water partition coefficient (Wildman–Crippen LogP) is 2.94. The van der Waals surface area contributed by atoms with E-state index in [-0.39, 0.29) is 5.56 Å². The molecule has 0 unspecified atom stereocenters. The number of nitriles is 1. The van der Waals surface area contributed by atoms with Crippen LogP contribution in [0.3, 0.4) is 0 Å². The number of hydrogen-bond donors (Lipinski definition) is 1. The molecular formula is C17H18N4O2. The van der Waals surface area contributed by atoms with Gasteiger partial charge in [-0.3, -0.25) is 0 Å². The molecule has 1 fully saturated rings. The molecule has 118 valence electrons. The molecule has 1 aliphatic rings. The summed E-state index contributed by atoms with van der Waals surface area (Å²) in [6, 6.07) is 8.88. The van der Waals surface area contributed by atoms with Crippen molar-refractivity contribution in [3.63, 3.8) is 0 Å². The number of carboxylic acids is 1. The topological polar surface area (TPSA) is 91.8 Å². The molecule has 0 aliphatic heterocycles. The lowest BCUT2D eigenvalue weighted by molar-refractivity contribution is 0.0697. The lowest BCUT2D eigenvalue weighted by Gasteiger charge is -2.22. The Morgan fingerprint density at radius 1 is 1.26 bits per heavy atom. The molecular weight excluding hydrogens is 292 g/mol. The Morgan fingerprint density at radius 2 is 1.96 bits per heavy atom. The van der Waals surface area contributed by atoms with Gasteiger partial charge in [0.1, 0.15) is 6.07 Å².